The van der Waals surface area contributed by atoms with E-state index >= 15 is 0 Å². The molecule has 3 aliphatic rings. The van der Waals surface area contributed by atoms with Crippen molar-refractivity contribution < 1.29 is 9.05 Å². The van der Waals surface area contributed by atoms with Crippen LogP contribution in [-0.4, -0.2) is 29.0 Å². The van der Waals surface area contributed by atoms with Gasteiger partial charge in [0, 0.05) is 12.1 Å². The molecular weight excluding hydrogens is 259 g/mol. The van der Waals surface area contributed by atoms with Crippen molar-refractivity contribution >= 4 is 8.53 Å². The van der Waals surface area contributed by atoms with E-state index in [0.29, 0.717) is 25.1 Å². The van der Waals surface area contributed by atoms with Gasteiger partial charge in [0.2, 0.25) is 0 Å². The molecule has 0 aromatic heterocycles. The zero-order chi connectivity index (χ0) is 14.0. The van der Waals surface area contributed by atoms with Gasteiger partial charge in [0.25, 0.3) is 8.53 Å². The summed E-state index contributed by atoms with van der Waals surface area (Å²) < 4.78 is 14.6. The minimum absolute atomic E-state index is 0.116. The van der Waals surface area contributed by atoms with E-state index in [2.05, 4.69) is 38.4 Å². The van der Waals surface area contributed by atoms with Crippen LogP contribution in [0.25, 0.3) is 0 Å². The van der Waals surface area contributed by atoms with E-state index in [1.54, 1.807) is 0 Å². The van der Waals surface area contributed by atoms with Crippen molar-refractivity contribution in [2.24, 2.45) is 5.92 Å². The molecular formula is C14H25N2O2P. The quantitative estimate of drug-likeness (QED) is 0.502. The molecule has 0 saturated heterocycles. The molecule has 5 heteroatoms. The fourth-order valence-electron chi connectivity index (χ4n) is 2.96. The van der Waals surface area contributed by atoms with Gasteiger partial charge in [-0.25, -0.2) is 4.67 Å². The summed E-state index contributed by atoms with van der Waals surface area (Å²) in [5.41, 5.74) is 0.116. The van der Waals surface area contributed by atoms with E-state index in [4.69, 9.17) is 14.3 Å². The molecule has 19 heavy (non-hydrogen) atoms. The molecule has 1 atom stereocenters. The second-order valence-corrected chi connectivity index (χ2v) is 7.68. The van der Waals surface area contributed by atoms with E-state index in [1.807, 2.05) is 0 Å². The highest BCUT2D eigenvalue weighted by molar-refractivity contribution is 7.44. The Kier molecular flexibility index (Phi) is 4.84. The molecule has 2 bridgehead atoms. The van der Waals surface area contributed by atoms with E-state index in [-0.39, 0.29) is 5.60 Å². The van der Waals surface area contributed by atoms with Gasteiger partial charge < -0.3 is 9.05 Å². The van der Waals surface area contributed by atoms with Gasteiger partial charge in [0.15, 0.2) is 0 Å². The highest BCUT2D eigenvalue weighted by atomic mass is 31.2. The molecule has 0 heterocycles. The van der Waals surface area contributed by atoms with Crippen molar-refractivity contribution in [1.29, 1.82) is 5.26 Å². The van der Waals surface area contributed by atoms with Gasteiger partial charge in [-0.15, -0.1) is 0 Å². The third-order valence-electron chi connectivity index (χ3n) is 3.92. The Hall–Kier alpha value is -0.200. The molecule has 0 spiro atoms. The lowest BCUT2D eigenvalue weighted by Gasteiger charge is -2.61. The van der Waals surface area contributed by atoms with Gasteiger partial charge in [-0.1, -0.05) is 0 Å². The predicted molar refractivity (Wildman–Crippen MR) is 76.4 cm³/mol. The smallest absolute Gasteiger partial charge is 0.259 e. The first-order valence-electron chi connectivity index (χ1n) is 7.25. The fraction of sp³-hybridized carbons (Fsp3) is 0.929. The van der Waals surface area contributed by atoms with Gasteiger partial charge in [-0.3, -0.25) is 0 Å². The summed E-state index contributed by atoms with van der Waals surface area (Å²) in [6.07, 6.45) is 4.05. The molecule has 4 nitrogen and oxygen atoms in total. The van der Waals surface area contributed by atoms with Gasteiger partial charge in [0.1, 0.15) is 0 Å². The van der Waals surface area contributed by atoms with Crippen LogP contribution in [0, 0.1) is 17.2 Å². The van der Waals surface area contributed by atoms with E-state index in [9.17, 15) is 0 Å². The predicted octanol–water partition coefficient (Wildman–Crippen LogP) is 3.83. The summed E-state index contributed by atoms with van der Waals surface area (Å²) >= 11 is 0. The molecule has 0 aromatic rings. The van der Waals surface area contributed by atoms with Gasteiger partial charge in [-0.2, -0.15) is 5.26 Å². The molecule has 3 saturated carbocycles. The number of nitrogens with zero attached hydrogens (tertiary/aromatic N) is 2. The monoisotopic (exact) mass is 284 g/mol. The minimum atomic E-state index is -1.04. The van der Waals surface area contributed by atoms with Crippen LogP contribution < -0.4 is 0 Å². The standard InChI is InChI=1S/C14H25N2O2P/c1-11(2)16(12(3)4)19(17-7-5-6-15)18-14-8-13(9-14)10-14/h11-13H,5,7-10H2,1-4H3. The van der Waals surface area contributed by atoms with Crippen LogP contribution in [0.15, 0.2) is 0 Å². The number of rotatable bonds is 8. The first kappa shape index (κ1) is 15.2. The molecule has 0 aliphatic heterocycles. The number of nitriles is 1. The van der Waals surface area contributed by atoms with Crippen LogP contribution in [0.3, 0.4) is 0 Å². The van der Waals surface area contributed by atoms with Crippen molar-refractivity contribution in [3.05, 3.63) is 0 Å². The van der Waals surface area contributed by atoms with Crippen molar-refractivity contribution in [2.75, 3.05) is 6.61 Å². The summed E-state index contributed by atoms with van der Waals surface area (Å²) in [6.45, 7) is 9.17. The zero-order valence-electron chi connectivity index (χ0n) is 12.4. The third kappa shape index (κ3) is 3.28. The largest absolute Gasteiger partial charge is 0.321 e. The SMILES string of the molecule is CC(C)N(C(C)C)P(OCCC#N)OC12CC(C1)C2. The number of hydrogen-bond acceptors (Lipinski definition) is 4. The first-order valence-corrected chi connectivity index (χ1v) is 8.38. The van der Waals surface area contributed by atoms with E-state index in [0.717, 1.165) is 5.92 Å². The molecule has 0 aromatic carbocycles. The lowest BCUT2D eigenvalue weighted by molar-refractivity contribution is -0.173. The molecule has 3 aliphatic carbocycles. The highest BCUT2D eigenvalue weighted by Crippen LogP contribution is 2.65. The number of hydrogen-bond donors (Lipinski definition) is 0. The Balaban J connectivity index is 1.96. The average Bonchev–Trinajstić information content (AvgIpc) is 2.20. The van der Waals surface area contributed by atoms with Crippen molar-refractivity contribution in [3.63, 3.8) is 0 Å². The van der Waals surface area contributed by atoms with Crippen LogP contribution in [0.2, 0.25) is 0 Å². The van der Waals surface area contributed by atoms with Crippen LogP contribution in [0.5, 0.6) is 0 Å². The van der Waals surface area contributed by atoms with Crippen molar-refractivity contribution in [2.45, 2.75) is 71.1 Å². The van der Waals surface area contributed by atoms with Gasteiger partial charge in [0.05, 0.1) is 24.7 Å². The molecule has 0 amide bonds. The minimum Gasteiger partial charge on any atom is -0.321 e. The highest BCUT2D eigenvalue weighted by Gasteiger charge is 2.59. The maximum Gasteiger partial charge on any atom is 0.259 e. The maximum absolute atomic E-state index is 8.66. The Labute approximate surface area is 118 Å². The first-order chi connectivity index (χ1) is 8.97. The topological polar surface area (TPSA) is 45.5 Å². The van der Waals surface area contributed by atoms with Gasteiger partial charge >= 0.3 is 0 Å². The van der Waals surface area contributed by atoms with Crippen LogP contribution >= 0.6 is 8.53 Å². The van der Waals surface area contributed by atoms with E-state index < -0.39 is 8.53 Å². The molecule has 0 radical (unpaired) electrons. The normalized spacial score (nSPS) is 30.1. The second kappa shape index (κ2) is 6.06. The van der Waals surface area contributed by atoms with Crippen molar-refractivity contribution in [1.82, 2.24) is 4.67 Å². The maximum atomic E-state index is 8.66. The lowest BCUT2D eigenvalue weighted by Crippen LogP contribution is -2.59. The van der Waals surface area contributed by atoms with Crippen LogP contribution in [0.1, 0.15) is 53.4 Å². The summed E-state index contributed by atoms with van der Waals surface area (Å²) in [7, 11) is -1.04. The van der Waals surface area contributed by atoms with Crippen LogP contribution in [0.4, 0.5) is 0 Å². The summed E-state index contributed by atoms with van der Waals surface area (Å²) in [6, 6.07) is 2.91. The average molecular weight is 284 g/mol. The van der Waals surface area contributed by atoms with Gasteiger partial charge in [-0.05, 0) is 52.9 Å². The van der Waals surface area contributed by atoms with E-state index in [1.165, 1.54) is 19.3 Å². The summed E-state index contributed by atoms with van der Waals surface area (Å²) in [4.78, 5) is 0. The zero-order valence-corrected chi connectivity index (χ0v) is 13.3. The van der Waals surface area contributed by atoms with Crippen molar-refractivity contribution in [3.8, 4) is 6.07 Å². The summed E-state index contributed by atoms with van der Waals surface area (Å²) in [5.74, 6) is 0.905. The summed E-state index contributed by atoms with van der Waals surface area (Å²) in [5, 5.41) is 8.66. The Morgan fingerprint density at radius 3 is 2.21 bits per heavy atom. The molecule has 0 N–H and O–H groups in total. The Morgan fingerprint density at radius 1 is 1.26 bits per heavy atom. The molecule has 108 valence electrons. The second-order valence-electron chi connectivity index (χ2n) is 6.30. The third-order valence-corrected chi connectivity index (χ3v) is 6.16. The Bertz CT molecular complexity index is 329. The lowest BCUT2D eigenvalue weighted by atomic mass is 9.52. The molecule has 3 rings (SSSR count). The molecule has 3 fully saturated rings. The molecule has 1 unspecified atom stereocenters. The fourth-order valence-corrected chi connectivity index (χ4v) is 4.80. The van der Waals surface area contributed by atoms with Crippen LogP contribution in [-0.2, 0) is 9.05 Å². The Morgan fingerprint density at radius 2 is 1.84 bits per heavy atom.